The van der Waals surface area contributed by atoms with Gasteiger partial charge in [0.2, 0.25) is 5.91 Å². The van der Waals surface area contributed by atoms with Gasteiger partial charge in [0, 0.05) is 16.2 Å². The number of anilines is 2. The Morgan fingerprint density at radius 3 is 2.77 bits per heavy atom. The summed E-state index contributed by atoms with van der Waals surface area (Å²) in [5.74, 6) is -0.164. The van der Waals surface area contributed by atoms with Crippen LogP contribution in [0.1, 0.15) is 6.92 Å². The molecule has 1 amide bonds. The molecule has 13 heavy (non-hydrogen) atoms. The Hall–Kier alpha value is -0.490. The summed E-state index contributed by atoms with van der Waals surface area (Å²) in [6.07, 6.45) is 0. The van der Waals surface area contributed by atoms with Crippen molar-refractivity contribution >= 4 is 51.5 Å². The number of rotatable bonds is 1. The zero-order valence-corrected chi connectivity index (χ0v) is 9.81. The van der Waals surface area contributed by atoms with Crippen molar-refractivity contribution in [2.24, 2.45) is 0 Å². The smallest absolute Gasteiger partial charge is 0.221 e. The summed E-state index contributed by atoms with van der Waals surface area (Å²) >= 11 is 7.95. The lowest BCUT2D eigenvalue weighted by molar-refractivity contribution is -0.114. The Balaban J connectivity index is 3.08. The highest BCUT2D eigenvalue weighted by molar-refractivity contribution is 14.1. The number of nitrogens with one attached hydrogen (secondary N) is 1. The Morgan fingerprint density at radius 2 is 2.23 bits per heavy atom. The lowest BCUT2D eigenvalue weighted by atomic mass is 10.3. The highest BCUT2D eigenvalue weighted by Gasteiger charge is 2.05. The molecule has 0 spiro atoms. The molecule has 0 aromatic heterocycles. The van der Waals surface area contributed by atoms with Gasteiger partial charge in [-0.2, -0.15) is 0 Å². The molecule has 1 rings (SSSR count). The van der Waals surface area contributed by atoms with Crippen molar-refractivity contribution in [3.63, 3.8) is 0 Å². The lowest BCUT2D eigenvalue weighted by Gasteiger charge is -2.07. The molecule has 0 saturated carbocycles. The molecule has 0 aliphatic rings. The van der Waals surface area contributed by atoms with Gasteiger partial charge in [0.1, 0.15) is 0 Å². The zero-order chi connectivity index (χ0) is 10.0. The van der Waals surface area contributed by atoms with Gasteiger partial charge >= 0.3 is 0 Å². The fraction of sp³-hybridized carbons (Fsp3) is 0.125. The summed E-state index contributed by atoms with van der Waals surface area (Å²) in [5.41, 5.74) is 6.80. The fourth-order valence-electron chi connectivity index (χ4n) is 0.851. The van der Waals surface area contributed by atoms with Crippen LogP contribution in [0.25, 0.3) is 0 Å². The van der Waals surface area contributed by atoms with Gasteiger partial charge in [-0.1, -0.05) is 11.6 Å². The quantitative estimate of drug-likeness (QED) is 0.618. The highest BCUT2D eigenvalue weighted by atomic mass is 127. The number of nitrogen functional groups attached to an aromatic ring is 1. The van der Waals surface area contributed by atoms with E-state index in [1.54, 1.807) is 12.1 Å². The van der Waals surface area contributed by atoms with Gasteiger partial charge in [-0.15, -0.1) is 0 Å². The van der Waals surface area contributed by atoms with E-state index in [1.165, 1.54) is 6.92 Å². The van der Waals surface area contributed by atoms with Crippen molar-refractivity contribution in [1.29, 1.82) is 0 Å². The number of nitrogens with two attached hydrogens (primary N) is 1. The van der Waals surface area contributed by atoms with Crippen LogP contribution in [0, 0.1) is 3.57 Å². The van der Waals surface area contributed by atoms with Crippen LogP contribution in [-0.2, 0) is 4.79 Å². The topological polar surface area (TPSA) is 55.1 Å². The first kappa shape index (κ1) is 10.6. The molecule has 3 nitrogen and oxygen atoms in total. The Morgan fingerprint density at radius 1 is 1.62 bits per heavy atom. The van der Waals surface area contributed by atoms with Gasteiger partial charge in [-0.3, -0.25) is 4.79 Å². The molecule has 0 aliphatic heterocycles. The second-order valence-corrected chi connectivity index (χ2v) is 4.10. The molecule has 0 radical (unpaired) electrons. The van der Waals surface area contributed by atoms with E-state index in [1.807, 2.05) is 0 Å². The molecule has 0 unspecified atom stereocenters. The summed E-state index contributed by atoms with van der Waals surface area (Å²) in [7, 11) is 0. The van der Waals surface area contributed by atoms with Crippen LogP contribution in [0.3, 0.4) is 0 Å². The average Bonchev–Trinajstić information content (AvgIpc) is 1.99. The van der Waals surface area contributed by atoms with Crippen LogP contribution in [0.15, 0.2) is 12.1 Å². The molecule has 0 fully saturated rings. The fourth-order valence-corrected chi connectivity index (χ4v) is 1.71. The summed E-state index contributed by atoms with van der Waals surface area (Å²) in [4.78, 5) is 10.7. The van der Waals surface area contributed by atoms with E-state index in [4.69, 9.17) is 17.3 Å². The van der Waals surface area contributed by atoms with Crippen molar-refractivity contribution in [2.75, 3.05) is 11.1 Å². The molecule has 0 atom stereocenters. The monoisotopic (exact) mass is 310 g/mol. The van der Waals surface area contributed by atoms with Gasteiger partial charge in [-0.05, 0) is 34.7 Å². The number of hydrogen-bond donors (Lipinski definition) is 2. The van der Waals surface area contributed by atoms with E-state index < -0.39 is 0 Å². The number of benzene rings is 1. The first-order valence-electron chi connectivity index (χ1n) is 3.53. The van der Waals surface area contributed by atoms with Gasteiger partial charge in [-0.25, -0.2) is 0 Å². The largest absolute Gasteiger partial charge is 0.398 e. The molecule has 0 aliphatic carbocycles. The van der Waals surface area contributed by atoms with Gasteiger partial charge in [0.05, 0.1) is 10.7 Å². The van der Waals surface area contributed by atoms with E-state index in [0.29, 0.717) is 16.4 Å². The summed E-state index contributed by atoms with van der Waals surface area (Å²) in [6, 6.07) is 3.36. The maximum Gasteiger partial charge on any atom is 0.221 e. The Labute approximate surface area is 94.8 Å². The van der Waals surface area contributed by atoms with E-state index in [9.17, 15) is 4.79 Å². The number of amides is 1. The minimum absolute atomic E-state index is 0.164. The van der Waals surface area contributed by atoms with Gasteiger partial charge in [0.15, 0.2) is 0 Å². The minimum atomic E-state index is -0.164. The molecule has 3 N–H and O–H groups in total. The highest BCUT2D eigenvalue weighted by Crippen LogP contribution is 2.28. The summed E-state index contributed by atoms with van der Waals surface area (Å²) in [5, 5.41) is 3.08. The van der Waals surface area contributed by atoms with Crippen molar-refractivity contribution in [1.82, 2.24) is 0 Å². The van der Waals surface area contributed by atoms with Crippen LogP contribution in [-0.4, -0.2) is 5.91 Å². The third-order valence-electron chi connectivity index (χ3n) is 1.40. The van der Waals surface area contributed by atoms with Crippen molar-refractivity contribution in [2.45, 2.75) is 6.92 Å². The average molecular weight is 311 g/mol. The molecule has 0 saturated heterocycles. The molecule has 5 heteroatoms. The minimum Gasteiger partial charge on any atom is -0.398 e. The molecule has 0 heterocycles. The van der Waals surface area contributed by atoms with Crippen molar-refractivity contribution in [3.8, 4) is 0 Å². The van der Waals surface area contributed by atoms with Crippen molar-refractivity contribution < 1.29 is 4.79 Å². The van der Waals surface area contributed by atoms with Crippen molar-refractivity contribution in [3.05, 3.63) is 20.7 Å². The number of carbonyl (C=O) groups excluding carboxylic acids is 1. The summed E-state index contributed by atoms with van der Waals surface area (Å²) < 4.78 is 0.872. The third-order valence-corrected chi connectivity index (χ3v) is 2.64. The zero-order valence-electron chi connectivity index (χ0n) is 6.90. The van der Waals surface area contributed by atoms with Crippen LogP contribution in [0.4, 0.5) is 11.4 Å². The van der Waals surface area contributed by atoms with Gasteiger partial charge in [0.25, 0.3) is 0 Å². The van der Waals surface area contributed by atoms with Crippen LogP contribution >= 0.6 is 34.2 Å². The predicted molar refractivity (Wildman–Crippen MR) is 62.9 cm³/mol. The number of halogens is 2. The maximum atomic E-state index is 10.7. The number of carbonyl (C=O) groups is 1. The molecular weight excluding hydrogens is 302 g/mol. The first-order valence-corrected chi connectivity index (χ1v) is 4.98. The SMILES string of the molecule is CC(=O)Nc1cc(N)c(I)cc1Cl. The number of hydrogen-bond acceptors (Lipinski definition) is 2. The van der Waals surface area contributed by atoms with E-state index >= 15 is 0 Å². The standard InChI is InChI=1S/C8H8ClIN2O/c1-4(13)12-8-3-7(11)6(10)2-5(8)9/h2-3H,11H2,1H3,(H,12,13). The second-order valence-electron chi connectivity index (χ2n) is 2.53. The molecule has 1 aromatic rings. The Bertz CT molecular complexity index is 354. The molecule has 0 bridgehead atoms. The second kappa shape index (κ2) is 4.15. The van der Waals surface area contributed by atoms with E-state index in [0.717, 1.165) is 3.57 Å². The third kappa shape index (κ3) is 2.73. The van der Waals surface area contributed by atoms with Crippen LogP contribution in [0.2, 0.25) is 5.02 Å². The first-order chi connectivity index (χ1) is 6.00. The normalized spacial score (nSPS) is 9.77. The predicted octanol–water partition coefficient (Wildman–Crippen LogP) is 2.49. The lowest BCUT2D eigenvalue weighted by Crippen LogP contribution is -2.07. The van der Waals surface area contributed by atoms with E-state index in [2.05, 4.69) is 27.9 Å². The maximum absolute atomic E-state index is 10.7. The molecular formula is C8H8ClIN2O. The Kier molecular flexibility index (Phi) is 3.38. The van der Waals surface area contributed by atoms with E-state index in [-0.39, 0.29) is 5.91 Å². The summed E-state index contributed by atoms with van der Waals surface area (Å²) in [6.45, 7) is 1.42. The van der Waals surface area contributed by atoms with Crippen LogP contribution in [0.5, 0.6) is 0 Å². The molecule has 1 aromatic carbocycles. The van der Waals surface area contributed by atoms with Gasteiger partial charge < -0.3 is 11.1 Å². The van der Waals surface area contributed by atoms with Crippen LogP contribution < -0.4 is 11.1 Å². The molecule has 70 valence electrons.